The van der Waals surface area contributed by atoms with Crippen LogP contribution in [-0.4, -0.2) is 39.1 Å². The van der Waals surface area contributed by atoms with Gasteiger partial charge in [0.25, 0.3) is 0 Å². The average Bonchev–Trinajstić information content (AvgIpc) is 2.93. The van der Waals surface area contributed by atoms with Gasteiger partial charge in [-0.25, -0.2) is 9.97 Å². The molecule has 0 saturated carbocycles. The Labute approximate surface area is 138 Å². The minimum atomic E-state index is -0.238. The third-order valence-corrected chi connectivity index (χ3v) is 3.78. The number of carbonyl (C=O) groups is 3. The van der Waals surface area contributed by atoms with Crippen molar-refractivity contribution in [3.8, 4) is 11.1 Å². The average molecular weight is 324 g/mol. The second-order valence-corrected chi connectivity index (χ2v) is 5.44. The first-order chi connectivity index (χ1) is 11.6. The van der Waals surface area contributed by atoms with Gasteiger partial charge in [0.15, 0.2) is 0 Å². The number of carbonyl (C=O) groups excluding carboxylic acids is 3. The summed E-state index contributed by atoms with van der Waals surface area (Å²) >= 11 is 0. The van der Waals surface area contributed by atoms with Gasteiger partial charge >= 0.3 is 0 Å². The highest BCUT2D eigenvalue weighted by molar-refractivity contribution is 6.02. The lowest BCUT2D eigenvalue weighted by Crippen LogP contribution is -2.32. The molecular formula is C17H16N4O3. The predicted octanol–water partition coefficient (Wildman–Crippen LogP) is 1.62. The molecule has 0 bridgehead atoms. The zero-order valence-corrected chi connectivity index (χ0v) is 12.9. The SMILES string of the molecule is O=C(CCN1C(=O)CCC1=O)Nc1ccc(-c2cncnc2)cc1. The van der Waals surface area contributed by atoms with Gasteiger partial charge in [0.1, 0.15) is 6.33 Å². The molecule has 0 unspecified atom stereocenters. The number of benzene rings is 1. The molecule has 0 aliphatic carbocycles. The van der Waals surface area contributed by atoms with E-state index in [0.29, 0.717) is 5.69 Å². The van der Waals surface area contributed by atoms with E-state index in [1.807, 2.05) is 12.1 Å². The Kier molecular flexibility index (Phi) is 4.60. The highest BCUT2D eigenvalue weighted by Crippen LogP contribution is 2.20. The number of anilines is 1. The number of hydrogen-bond acceptors (Lipinski definition) is 5. The summed E-state index contributed by atoms with van der Waals surface area (Å²) in [5.41, 5.74) is 2.49. The van der Waals surface area contributed by atoms with Crippen molar-refractivity contribution in [1.29, 1.82) is 0 Å². The molecule has 24 heavy (non-hydrogen) atoms. The number of likely N-dealkylation sites (tertiary alicyclic amines) is 1. The lowest BCUT2D eigenvalue weighted by atomic mass is 10.1. The van der Waals surface area contributed by atoms with Gasteiger partial charge in [-0.1, -0.05) is 12.1 Å². The van der Waals surface area contributed by atoms with Crippen molar-refractivity contribution in [2.45, 2.75) is 19.3 Å². The Morgan fingerprint density at radius 2 is 1.62 bits per heavy atom. The number of hydrogen-bond donors (Lipinski definition) is 1. The van der Waals surface area contributed by atoms with Crippen LogP contribution in [0.5, 0.6) is 0 Å². The van der Waals surface area contributed by atoms with Gasteiger partial charge in [0.2, 0.25) is 17.7 Å². The smallest absolute Gasteiger partial charge is 0.229 e. The van der Waals surface area contributed by atoms with E-state index in [0.717, 1.165) is 16.0 Å². The molecule has 3 rings (SSSR count). The third-order valence-electron chi connectivity index (χ3n) is 3.78. The maximum atomic E-state index is 12.0. The summed E-state index contributed by atoms with van der Waals surface area (Å²) in [6, 6.07) is 7.29. The molecule has 1 aromatic carbocycles. The van der Waals surface area contributed by atoms with Crippen LogP contribution < -0.4 is 5.32 Å². The molecule has 1 saturated heterocycles. The van der Waals surface area contributed by atoms with Crippen LogP contribution in [0.1, 0.15) is 19.3 Å². The van der Waals surface area contributed by atoms with Crippen LogP contribution in [0.15, 0.2) is 43.0 Å². The molecule has 1 N–H and O–H groups in total. The largest absolute Gasteiger partial charge is 0.326 e. The van der Waals surface area contributed by atoms with Gasteiger partial charge in [0.05, 0.1) is 0 Å². The molecule has 0 spiro atoms. The lowest BCUT2D eigenvalue weighted by Gasteiger charge is -2.13. The quantitative estimate of drug-likeness (QED) is 0.844. The van der Waals surface area contributed by atoms with Crippen molar-refractivity contribution in [2.75, 3.05) is 11.9 Å². The minimum Gasteiger partial charge on any atom is -0.326 e. The van der Waals surface area contributed by atoms with Crippen LogP contribution in [0.2, 0.25) is 0 Å². The predicted molar refractivity (Wildman–Crippen MR) is 86.7 cm³/mol. The Hall–Kier alpha value is -3.09. The van der Waals surface area contributed by atoms with E-state index in [9.17, 15) is 14.4 Å². The molecular weight excluding hydrogens is 308 g/mol. The number of aromatic nitrogens is 2. The minimum absolute atomic E-state index is 0.0890. The number of amides is 3. The fraction of sp³-hybridized carbons (Fsp3) is 0.235. The first-order valence-corrected chi connectivity index (χ1v) is 7.62. The fourth-order valence-corrected chi connectivity index (χ4v) is 2.50. The summed E-state index contributed by atoms with van der Waals surface area (Å²) in [5.74, 6) is -0.650. The Morgan fingerprint density at radius 3 is 2.25 bits per heavy atom. The summed E-state index contributed by atoms with van der Waals surface area (Å²) in [6.45, 7) is 0.128. The zero-order chi connectivity index (χ0) is 16.9. The molecule has 1 fully saturated rings. The normalized spacial score (nSPS) is 14.1. The number of nitrogens with one attached hydrogen (secondary N) is 1. The van der Waals surface area contributed by atoms with Crippen molar-refractivity contribution in [3.63, 3.8) is 0 Å². The van der Waals surface area contributed by atoms with Crippen molar-refractivity contribution in [3.05, 3.63) is 43.0 Å². The van der Waals surface area contributed by atoms with Gasteiger partial charge < -0.3 is 5.32 Å². The molecule has 1 aromatic heterocycles. The third kappa shape index (κ3) is 3.62. The Morgan fingerprint density at radius 1 is 1.00 bits per heavy atom. The first kappa shape index (κ1) is 15.8. The molecule has 0 atom stereocenters. The van der Waals surface area contributed by atoms with E-state index in [4.69, 9.17) is 0 Å². The second kappa shape index (κ2) is 6.99. The van der Waals surface area contributed by atoms with E-state index in [1.54, 1.807) is 24.5 Å². The molecule has 1 aliphatic rings. The molecule has 1 aliphatic heterocycles. The summed E-state index contributed by atoms with van der Waals surface area (Å²) in [7, 11) is 0. The maximum Gasteiger partial charge on any atom is 0.229 e. The summed E-state index contributed by atoms with van der Waals surface area (Å²) < 4.78 is 0. The lowest BCUT2D eigenvalue weighted by molar-refractivity contribution is -0.138. The molecule has 3 amide bonds. The molecule has 7 nitrogen and oxygen atoms in total. The van der Waals surface area contributed by atoms with Crippen LogP contribution in [0, 0.1) is 0 Å². The van der Waals surface area contributed by atoms with Gasteiger partial charge in [0, 0.05) is 49.5 Å². The highest BCUT2D eigenvalue weighted by atomic mass is 16.2. The molecule has 122 valence electrons. The van der Waals surface area contributed by atoms with Crippen LogP contribution in [0.3, 0.4) is 0 Å². The van der Waals surface area contributed by atoms with E-state index in [2.05, 4.69) is 15.3 Å². The monoisotopic (exact) mass is 324 g/mol. The topological polar surface area (TPSA) is 92.3 Å². The fourth-order valence-electron chi connectivity index (χ4n) is 2.50. The van der Waals surface area contributed by atoms with E-state index < -0.39 is 0 Å². The van der Waals surface area contributed by atoms with E-state index in [1.165, 1.54) is 6.33 Å². The highest BCUT2D eigenvalue weighted by Gasteiger charge is 2.28. The number of rotatable bonds is 5. The standard InChI is InChI=1S/C17H16N4O3/c22-15(7-8-21-16(23)5-6-17(21)24)20-14-3-1-12(2-4-14)13-9-18-11-19-10-13/h1-4,9-11H,5-8H2,(H,20,22). The van der Waals surface area contributed by atoms with Crippen molar-refractivity contribution in [2.24, 2.45) is 0 Å². The molecule has 7 heteroatoms. The Bertz CT molecular complexity index is 743. The first-order valence-electron chi connectivity index (χ1n) is 7.62. The van der Waals surface area contributed by atoms with Gasteiger partial charge in [-0.3, -0.25) is 19.3 Å². The summed E-state index contributed by atoms with van der Waals surface area (Å²) in [5, 5.41) is 2.75. The second-order valence-electron chi connectivity index (χ2n) is 5.44. The van der Waals surface area contributed by atoms with Gasteiger partial charge in [-0.05, 0) is 17.7 Å². The molecule has 0 radical (unpaired) electrons. The van der Waals surface area contributed by atoms with Crippen molar-refractivity contribution < 1.29 is 14.4 Å². The number of imide groups is 1. The summed E-state index contributed by atoms with van der Waals surface area (Å²) in [4.78, 5) is 44.0. The van der Waals surface area contributed by atoms with Crippen LogP contribution in [-0.2, 0) is 14.4 Å². The van der Waals surface area contributed by atoms with Crippen molar-refractivity contribution >= 4 is 23.4 Å². The van der Waals surface area contributed by atoms with Gasteiger partial charge in [-0.2, -0.15) is 0 Å². The van der Waals surface area contributed by atoms with Gasteiger partial charge in [-0.15, -0.1) is 0 Å². The van der Waals surface area contributed by atoms with E-state index in [-0.39, 0.29) is 43.5 Å². The van der Waals surface area contributed by atoms with Crippen molar-refractivity contribution in [1.82, 2.24) is 14.9 Å². The van der Waals surface area contributed by atoms with Crippen LogP contribution in [0.25, 0.3) is 11.1 Å². The maximum absolute atomic E-state index is 12.0. The molecule has 2 heterocycles. The van der Waals surface area contributed by atoms with Crippen LogP contribution >= 0.6 is 0 Å². The van der Waals surface area contributed by atoms with Crippen LogP contribution in [0.4, 0.5) is 5.69 Å². The molecule has 2 aromatic rings. The zero-order valence-electron chi connectivity index (χ0n) is 12.9. The number of nitrogens with zero attached hydrogens (tertiary/aromatic N) is 3. The van der Waals surface area contributed by atoms with E-state index >= 15 is 0 Å². The Balaban J connectivity index is 1.55. The summed E-state index contributed by atoms with van der Waals surface area (Å²) in [6.07, 6.45) is 5.46.